The Bertz CT molecular complexity index is 1350. The molecule has 0 unspecified atom stereocenters. The van der Waals surface area contributed by atoms with Crippen LogP contribution in [0.5, 0.6) is 0 Å². The number of pyridine rings is 2. The number of hydrogen-bond donors (Lipinski definition) is 0. The molecule has 0 spiro atoms. The largest absolute Gasteiger partial charge is 2.00 e. The minimum atomic E-state index is 0. The Hall–Kier alpha value is -3.72. The van der Waals surface area contributed by atoms with E-state index in [-0.39, 0.29) is 19.5 Å². The number of anilines is 2. The first-order chi connectivity index (χ1) is 22.6. The Labute approximate surface area is 292 Å². The first-order valence-electron chi connectivity index (χ1n) is 15.6. The number of hydrogen-bond acceptors (Lipinski definition) is 8. The van der Waals surface area contributed by atoms with E-state index >= 15 is 0 Å². The average Bonchev–Trinajstić information content (AvgIpc) is 3.11. The van der Waals surface area contributed by atoms with Gasteiger partial charge in [0.15, 0.2) is 0 Å². The topological polar surface area (TPSA) is 69.2 Å². The predicted molar refractivity (Wildman–Crippen MR) is 190 cm³/mol. The Morgan fingerprint density at radius 1 is 0.447 bits per heavy atom. The van der Waals surface area contributed by atoms with Gasteiger partial charge in [0.25, 0.3) is 0 Å². The molecule has 2 heterocycles. The Kier molecular flexibility index (Phi) is 17.0. The number of rotatable bonds is 19. The maximum atomic E-state index is 5.26. The molecule has 0 fully saturated rings. The molecule has 4 aromatic rings. The van der Waals surface area contributed by atoms with Crippen molar-refractivity contribution in [3.8, 4) is 11.4 Å². The first kappa shape index (κ1) is 37.7. The maximum absolute atomic E-state index is 5.26. The van der Waals surface area contributed by atoms with Gasteiger partial charge in [-0.25, -0.2) is 0 Å². The van der Waals surface area contributed by atoms with Gasteiger partial charge >= 0.3 is 19.5 Å². The van der Waals surface area contributed by atoms with Crippen molar-refractivity contribution in [3.05, 3.63) is 107 Å². The molecular formula is C38H46N4O4Zn+2. The fourth-order valence-corrected chi connectivity index (χ4v) is 4.83. The molecule has 2 aromatic carbocycles. The minimum Gasteiger partial charge on any atom is -0.383 e. The third-order valence-corrected chi connectivity index (χ3v) is 7.55. The van der Waals surface area contributed by atoms with Gasteiger partial charge in [0.2, 0.25) is 0 Å². The van der Waals surface area contributed by atoms with E-state index in [0.29, 0.717) is 26.4 Å². The van der Waals surface area contributed by atoms with E-state index in [0.717, 1.165) is 71.2 Å². The van der Waals surface area contributed by atoms with Gasteiger partial charge in [-0.1, -0.05) is 60.7 Å². The first-order valence-corrected chi connectivity index (χ1v) is 15.6. The second kappa shape index (κ2) is 21.2. The normalized spacial score (nSPS) is 11.2. The molecule has 0 bridgehead atoms. The van der Waals surface area contributed by atoms with E-state index in [4.69, 9.17) is 18.9 Å². The maximum Gasteiger partial charge on any atom is 2.00 e. The van der Waals surface area contributed by atoms with Crippen LogP contribution < -0.4 is 9.80 Å². The van der Waals surface area contributed by atoms with E-state index < -0.39 is 0 Å². The van der Waals surface area contributed by atoms with Gasteiger partial charge in [0.1, 0.15) is 0 Å². The Balaban J connectivity index is 0.00000600. The molecule has 0 saturated carbocycles. The summed E-state index contributed by atoms with van der Waals surface area (Å²) in [6.45, 7) is 5.98. The molecule has 0 atom stereocenters. The summed E-state index contributed by atoms with van der Waals surface area (Å²) in [7, 11) is 6.89. The predicted octanol–water partition coefficient (Wildman–Crippen LogP) is 6.68. The number of aromatic nitrogens is 2. The summed E-state index contributed by atoms with van der Waals surface area (Å²) in [6.07, 6.45) is 12.1. The SMILES string of the molecule is COCCN(CCOC)c1ccc(/C=C/c2ccc(-c3ccc(/C=C/c4ccc(N(CCOC)CCOC)cc4)cn3)nc2)cc1.[Zn+2]. The van der Waals surface area contributed by atoms with Crippen LogP contribution >= 0.6 is 0 Å². The van der Waals surface area contributed by atoms with Crippen molar-refractivity contribution < 1.29 is 38.4 Å². The molecule has 0 radical (unpaired) electrons. The number of nitrogens with zero attached hydrogens (tertiary/aromatic N) is 4. The standard InChI is InChI=1S/C38H46N4O4.Zn/c1-43-25-21-41(22-26-44-2)35-15-9-31(10-16-35)5-7-33-13-19-37(39-29-33)38-20-14-34(30-40-38)8-6-32-11-17-36(18-12-32)42(23-27-45-3)24-28-46-4;/h5-20,29-30H,21-28H2,1-4H3;/q;+2/b7-5+,8-6+;. The molecule has 0 amide bonds. The van der Waals surface area contributed by atoms with Crippen LogP contribution in [0.15, 0.2) is 85.2 Å². The van der Waals surface area contributed by atoms with E-state index in [2.05, 4.69) is 105 Å². The van der Waals surface area contributed by atoms with Gasteiger partial charge in [-0.3, -0.25) is 9.97 Å². The quantitative estimate of drug-likeness (QED) is 0.101. The second-order valence-corrected chi connectivity index (χ2v) is 10.7. The molecule has 8 nitrogen and oxygen atoms in total. The van der Waals surface area contributed by atoms with E-state index in [1.807, 2.05) is 24.5 Å². The van der Waals surface area contributed by atoms with E-state index in [1.54, 1.807) is 28.4 Å². The zero-order valence-corrected chi connectivity index (χ0v) is 31.1. The number of methoxy groups -OCH3 is 4. The van der Waals surface area contributed by atoms with Crippen molar-refractivity contribution >= 4 is 35.7 Å². The zero-order chi connectivity index (χ0) is 32.4. The van der Waals surface area contributed by atoms with Gasteiger partial charge in [-0.05, 0) is 58.7 Å². The van der Waals surface area contributed by atoms with E-state index in [1.165, 1.54) is 0 Å². The summed E-state index contributed by atoms with van der Waals surface area (Å²) in [4.78, 5) is 13.8. The molecule has 0 aliphatic carbocycles. The van der Waals surface area contributed by atoms with E-state index in [9.17, 15) is 0 Å². The smallest absolute Gasteiger partial charge is 0.383 e. The average molecular weight is 688 g/mol. The molecule has 0 saturated heterocycles. The molecule has 242 valence electrons. The third-order valence-electron chi connectivity index (χ3n) is 7.55. The van der Waals surface area contributed by atoms with Crippen LogP contribution in [0.3, 0.4) is 0 Å². The van der Waals surface area contributed by atoms with Crippen molar-refractivity contribution in [1.29, 1.82) is 0 Å². The van der Waals surface area contributed by atoms with Crippen molar-refractivity contribution in [2.45, 2.75) is 0 Å². The Morgan fingerprint density at radius 3 is 1.02 bits per heavy atom. The molecule has 9 heteroatoms. The number of ether oxygens (including phenoxy) is 4. The number of benzene rings is 2. The van der Waals surface area contributed by atoms with Crippen molar-refractivity contribution in [3.63, 3.8) is 0 Å². The van der Waals surface area contributed by atoms with Crippen LogP contribution in [0.25, 0.3) is 35.7 Å². The fourth-order valence-electron chi connectivity index (χ4n) is 4.83. The van der Waals surface area contributed by atoms with Crippen molar-refractivity contribution in [2.75, 3.05) is 90.8 Å². The molecule has 4 rings (SSSR count). The molecule has 2 aromatic heterocycles. The van der Waals surface area contributed by atoms with Crippen LogP contribution in [-0.4, -0.2) is 91.0 Å². The molecule has 0 aliphatic heterocycles. The minimum absolute atomic E-state index is 0. The fraction of sp³-hybridized carbons (Fsp3) is 0.316. The summed E-state index contributed by atoms with van der Waals surface area (Å²) in [5, 5.41) is 0. The van der Waals surface area contributed by atoms with Gasteiger partial charge in [0, 0.05) is 78.4 Å². The van der Waals surface area contributed by atoms with Crippen molar-refractivity contribution in [2.24, 2.45) is 0 Å². The molecule has 0 N–H and O–H groups in total. The zero-order valence-electron chi connectivity index (χ0n) is 28.2. The Morgan fingerprint density at radius 2 is 0.745 bits per heavy atom. The third kappa shape index (κ3) is 12.4. The van der Waals surface area contributed by atoms with Crippen LogP contribution in [0.2, 0.25) is 0 Å². The summed E-state index contributed by atoms with van der Waals surface area (Å²) < 4.78 is 21.1. The molecule has 47 heavy (non-hydrogen) atoms. The summed E-state index contributed by atoms with van der Waals surface area (Å²) in [5.74, 6) is 0. The van der Waals surface area contributed by atoms with Gasteiger partial charge in [0.05, 0.1) is 37.8 Å². The van der Waals surface area contributed by atoms with Crippen molar-refractivity contribution in [1.82, 2.24) is 9.97 Å². The van der Waals surface area contributed by atoms with Crippen LogP contribution in [0, 0.1) is 0 Å². The summed E-state index contributed by atoms with van der Waals surface area (Å²) in [6, 6.07) is 25.2. The van der Waals surface area contributed by atoms with Crippen LogP contribution in [-0.2, 0) is 38.4 Å². The molecular weight excluding hydrogens is 642 g/mol. The summed E-state index contributed by atoms with van der Waals surface area (Å²) >= 11 is 0. The monoisotopic (exact) mass is 686 g/mol. The van der Waals surface area contributed by atoms with Gasteiger partial charge < -0.3 is 28.7 Å². The van der Waals surface area contributed by atoms with Gasteiger partial charge in [-0.2, -0.15) is 0 Å². The van der Waals surface area contributed by atoms with Crippen LogP contribution in [0.4, 0.5) is 11.4 Å². The second-order valence-electron chi connectivity index (χ2n) is 10.7. The molecule has 0 aliphatic rings. The summed E-state index contributed by atoms with van der Waals surface area (Å²) in [5.41, 5.74) is 8.29. The van der Waals surface area contributed by atoms with Gasteiger partial charge in [-0.15, -0.1) is 0 Å². The van der Waals surface area contributed by atoms with Crippen LogP contribution in [0.1, 0.15) is 22.3 Å².